The van der Waals surface area contributed by atoms with Gasteiger partial charge in [0.05, 0.1) is 13.2 Å². The molecule has 2 nitrogen and oxygen atoms in total. The monoisotopic (exact) mass is 234 g/mol. The van der Waals surface area contributed by atoms with Crippen molar-refractivity contribution in [3.8, 4) is 0 Å². The third-order valence-electron chi connectivity index (χ3n) is 2.95. The van der Waals surface area contributed by atoms with Crippen LogP contribution >= 0.6 is 0 Å². The molecular weight excluding hydrogens is 219 g/mol. The zero-order valence-corrected chi connectivity index (χ0v) is 9.44. The van der Waals surface area contributed by atoms with E-state index in [1.54, 1.807) is 0 Å². The van der Waals surface area contributed by atoms with Crippen LogP contribution < -0.4 is 0 Å². The van der Waals surface area contributed by atoms with Crippen molar-refractivity contribution in [2.45, 2.75) is 12.1 Å². The maximum Gasteiger partial charge on any atom is 0.160 e. The molecule has 2 aromatic carbocycles. The van der Waals surface area contributed by atoms with E-state index in [0.717, 1.165) is 16.3 Å². The first-order valence-corrected chi connectivity index (χ1v) is 5.56. The summed E-state index contributed by atoms with van der Waals surface area (Å²) < 4.78 is 14.0. The Labute approximate surface area is 99.3 Å². The molecule has 2 N–H and O–H groups in total. The number of hydrogen-bond donors (Lipinski definition) is 2. The first kappa shape index (κ1) is 12.0. The van der Waals surface area contributed by atoms with Crippen LogP contribution in [0.1, 0.15) is 5.56 Å². The highest BCUT2D eigenvalue weighted by Gasteiger charge is 2.28. The molecule has 0 heterocycles. The van der Waals surface area contributed by atoms with Crippen LogP contribution in [0.2, 0.25) is 0 Å². The molecular formula is C14H15FO2. The second-order valence-corrected chi connectivity index (χ2v) is 4.28. The SMILES string of the molecule is OCC(F)(CO)Cc1cccc2ccccc12. The van der Waals surface area contributed by atoms with E-state index in [4.69, 9.17) is 10.2 Å². The molecule has 0 aliphatic rings. The minimum Gasteiger partial charge on any atom is -0.393 e. The van der Waals surface area contributed by atoms with E-state index < -0.39 is 18.9 Å². The Balaban J connectivity index is 2.42. The second-order valence-electron chi connectivity index (χ2n) is 4.28. The lowest BCUT2D eigenvalue weighted by Gasteiger charge is -2.21. The standard InChI is InChI=1S/C14H15FO2/c15-14(9-16,10-17)8-12-6-3-5-11-4-1-2-7-13(11)12/h1-7,16-17H,8-10H2. The molecule has 17 heavy (non-hydrogen) atoms. The van der Waals surface area contributed by atoms with Crippen molar-refractivity contribution in [2.24, 2.45) is 0 Å². The summed E-state index contributed by atoms with van der Waals surface area (Å²) in [5, 5.41) is 20.0. The summed E-state index contributed by atoms with van der Waals surface area (Å²) in [6.45, 7) is -1.35. The summed E-state index contributed by atoms with van der Waals surface area (Å²) in [5.74, 6) is 0. The van der Waals surface area contributed by atoms with E-state index in [1.165, 1.54) is 0 Å². The fourth-order valence-electron chi connectivity index (χ4n) is 1.95. The van der Waals surface area contributed by atoms with Crippen molar-refractivity contribution < 1.29 is 14.6 Å². The molecule has 0 amide bonds. The Kier molecular flexibility index (Phi) is 3.41. The van der Waals surface area contributed by atoms with Crippen molar-refractivity contribution in [2.75, 3.05) is 13.2 Å². The maximum absolute atomic E-state index is 14.0. The Bertz CT molecular complexity index is 501. The van der Waals surface area contributed by atoms with Crippen LogP contribution in [0.4, 0.5) is 4.39 Å². The predicted molar refractivity (Wildman–Crippen MR) is 65.7 cm³/mol. The van der Waals surface area contributed by atoms with Crippen LogP contribution in [0.25, 0.3) is 10.8 Å². The zero-order chi connectivity index (χ0) is 12.3. The van der Waals surface area contributed by atoms with Gasteiger partial charge in [0.1, 0.15) is 0 Å². The highest BCUT2D eigenvalue weighted by molar-refractivity contribution is 5.85. The summed E-state index contributed by atoms with van der Waals surface area (Å²) in [6.07, 6.45) is 0.0152. The van der Waals surface area contributed by atoms with Gasteiger partial charge < -0.3 is 10.2 Å². The van der Waals surface area contributed by atoms with E-state index in [2.05, 4.69) is 0 Å². The number of alkyl halides is 1. The third-order valence-corrected chi connectivity index (χ3v) is 2.95. The van der Waals surface area contributed by atoms with Crippen LogP contribution in [-0.2, 0) is 6.42 Å². The van der Waals surface area contributed by atoms with E-state index >= 15 is 0 Å². The molecule has 0 aliphatic carbocycles. The average Bonchev–Trinajstić information content (AvgIpc) is 2.39. The van der Waals surface area contributed by atoms with Gasteiger partial charge in [0.2, 0.25) is 0 Å². The summed E-state index contributed by atoms with van der Waals surface area (Å²) in [7, 11) is 0. The molecule has 0 fully saturated rings. The average molecular weight is 234 g/mol. The fraction of sp³-hybridized carbons (Fsp3) is 0.286. The summed E-state index contributed by atoms with van der Waals surface area (Å²) in [6, 6.07) is 13.3. The molecule has 0 bridgehead atoms. The van der Waals surface area contributed by atoms with Crippen LogP contribution in [0.15, 0.2) is 42.5 Å². The van der Waals surface area contributed by atoms with Crippen molar-refractivity contribution >= 4 is 10.8 Å². The van der Waals surface area contributed by atoms with E-state index in [1.807, 2.05) is 42.5 Å². The highest BCUT2D eigenvalue weighted by atomic mass is 19.1. The van der Waals surface area contributed by atoms with Crippen LogP contribution in [-0.4, -0.2) is 29.1 Å². The molecule has 2 rings (SSSR count). The topological polar surface area (TPSA) is 40.5 Å². The largest absolute Gasteiger partial charge is 0.393 e. The molecule has 0 saturated carbocycles. The normalized spacial score (nSPS) is 11.9. The Morgan fingerprint density at radius 2 is 1.59 bits per heavy atom. The smallest absolute Gasteiger partial charge is 0.160 e. The lowest BCUT2D eigenvalue weighted by Crippen LogP contribution is -2.34. The van der Waals surface area contributed by atoms with Gasteiger partial charge in [-0.05, 0) is 16.3 Å². The highest BCUT2D eigenvalue weighted by Crippen LogP contribution is 2.24. The van der Waals surface area contributed by atoms with Gasteiger partial charge in [0.15, 0.2) is 5.67 Å². The molecule has 0 radical (unpaired) electrons. The van der Waals surface area contributed by atoms with Crippen molar-refractivity contribution in [1.29, 1.82) is 0 Å². The quantitative estimate of drug-likeness (QED) is 0.850. The minimum absolute atomic E-state index is 0.0152. The van der Waals surface area contributed by atoms with Crippen LogP contribution in [0.5, 0.6) is 0 Å². The fourth-order valence-corrected chi connectivity index (χ4v) is 1.95. The molecule has 3 heteroatoms. The minimum atomic E-state index is -1.95. The Morgan fingerprint density at radius 1 is 0.941 bits per heavy atom. The number of aliphatic hydroxyl groups excluding tert-OH is 2. The van der Waals surface area contributed by atoms with Crippen molar-refractivity contribution in [1.82, 2.24) is 0 Å². The third kappa shape index (κ3) is 2.46. The first-order valence-electron chi connectivity index (χ1n) is 5.56. The van der Waals surface area contributed by atoms with E-state index in [0.29, 0.717) is 0 Å². The van der Waals surface area contributed by atoms with Gasteiger partial charge in [0.25, 0.3) is 0 Å². The maximum atomic E-state index is 14.0. The van der Waals surface area contributed by atoms with Crippen molar-refractivity contribution in [3.63, 3.8) is 0 Å². The lowest BCUT2D eigenvalue weighted by molar-refractivity contribution is 0.0168. The molecule has 0 saturated heterocycles. The van der Waals surface area contributed by atoms with Gasteiger partial charge in [-0.15, -0.1) is 0 Å². The number of aliphatic hydroxyl groups is 2. The van der Waals surface area contributed by atoms with Crippen molar-refractivity contribution in [3.05, 3.63) is 48.0 Å². The van der Waals surface area contributed by atoms with Gasteiger partial charge in [-0.1, -0.05) is 42.5 Å². The lowest BCUT2D eigenvalue weighted by atomic mass is 9.94. The summed E-state index contributed by atoms with van der Waals surface area (Å²) >= 11 is 0. The van der Waals surface area contributed by atoms with Crippen LogP contribution in [0, 0.1) is 0 Å². The van der Waals surface area contributed by atoms with Gasteiger partial charge >= 0.3 is 0 Å². The molecule has 0 aliphatic heterocycles. The summed E-state index contributed by atoms with van der Waals surface area (Å²) in [4.78, 5) is 0. The van der Waals surface area contributed by atoms with Crippen LogP contribution in [0.3, 0.4) is 0 Å². The van der Waals surface area contributed by atoms with Gasteiger partial charge in [-0.2, -0.15) is 0 Å². The second kappa shape index (κ2) is 4.82. The number of benzene rings is 2. The van der Waals surface area contributed by atoms with Gasteiger partial charge in [0, 0.05) is 6.42 Å². The summed E-state index contributed by atoms with van der Waals surface area (Å²) in [5.41, 5.74) is -1.15. The molecule has 0 aromatic heterocycles. The first-order chi connectivity index (χ1) is 8.18. The molecule has 0 atom stereocenters. The number of halogens is 1. The number of fused-ring (bicyclic) bond motifs is 1. The molecule has 90 valence electrons. The van der Waals surface area contributed by atoms with Gasteiger partial charge in [-0.3, -0.25) is 0 Å². The van der Waals surface area contributed by atoms with E-state index in [-0.39, 0.29) is 6.42 Å². The van der Waals surface area contributed by atoms with Gasteiger partial charge in [-0.25, -0.2) is 4.39 Å². The molecule has 0 unspecified atom stereocenters. The Hall–Kier alpha value is -1.45. The van der Waals surface area contributed by atoms with E-state index in [9.17, 15) is 4.39 Å². The zero-order valence-electron chi connectivity index (χ0n) is 9.44. The number of hydrogen-bond acceptors (Lipinski definition) is 2. The molecule has 0 spiro atoms. The molecule has 2 aromatic rings. The Morgan fingerprint density at radius 3 is 2.29 bits per heavy atom. The number of rotatable bonds is 4. The predicted octanol–water partition coefficient (Wildman–Crippen LogP) is 2.08.